The summed E-state index contributed by atoms with van der Waals surface area (Å²) in [6.45, 7) is 14.5. The number of hydrogen-bond acceptors (Lipinski definition) is 4. The van der Waals surface area contributed by atoms with E-state index in [1.165, 1.54) is 0 Å². The first-order valence-corrected chi connectivity index (χ1v) is 15.1. The number of fused-ring (bicyclic) bond motifs is 1. The molecule has 0 bridgehead atoms. The van der Waals surface area contributed by atoms with Crippen LogP contribution in [0.3, 0.4) is 0 Å². The van der Waals surface area contributed by atoms with Gasteiger partial charge in [0.2, 0.25) is 5.82 Å². The Balaban J connectivity index is 1.88. The molecule has 7 nitrogen and oxygen atoms in total. The molecule has 0 saturated carbocycles. The first-order chi connectivity index (χ1) is 13.9. The van der Waals surface area contributed by atoms with E-state index in [0.717, 1.165) is 47.0 Å². The van der Waals surface area contributed by atoms with Crippen LogP contribution < -0.4 is 4.57 Å². The van der Waals surface area contributed by atoms with Gasteiger partial charge in [0.25, 0.3) is 0 Å². The van der Waals surface area contributed by atoms with Gasteiger partial charge >= 0.3 is 11.7 Å². The highest BCUT2D eigenvalue weighted by Crippen LogP contribution is 2.32. The molecular weight excluding hydrogens is 464 g/mol. The normalized spacial score (nSPS) is 17.7. The smallest absolute Gasteiger partial charge is 0.411 e. The third-order valence-electron chi connectivity index (χ3n) is 5.06. The number of amides is 1. The van der Waals surface area contributed by atoms with Crippen LogP contribution >= 0.6 is 15.9 Å². The number of imidazole rings is 1. The van der Waals surface area contributed by atoms with Gasteiger partial charge in [0.1, 0.15) is 17.8 Å². The number of H-pyrrole nitrogens is 1. The van der Waals surface area contributed by atoms with Crippen molar-refractivity contribution in [3.05, 3.63) is 22.6 Å². The Labute approximate surface area is 188 Å². The van der Waals surface area contributed by atoms with E-state index in [1.54, 1.807) is 6.20 Å². The Morgan fingerprint density at radius 2 is 2.13 bits per heavy atom. The number of carbonyl (C=O) groups is 1. The molecule has 0 aliphatic carbocycles. The molecule has 1 amide bonds. The van der Waals surface area contributed by atoms with Crippen molar-refractivity contribution in [2.75, 3.05) is 13.2 Å². The van der Waals surface area contributed by atoms with E-state index in [9.17, 15) is 4.79 Å². The molecule has 30 heavy (non-hydrogen) atoms. The molecule has 0 radical (unpaired) electrons. The first kappa shape index (κ1) is 23.2. The van der Waals surface area contributed by atoms with Crippen molar-refractivity contribution in [3.8, 4) is 0 Å². The number of aromatic nitrogens is 3. The Bertz CT molecular complexity index is 904. The predicted octanol–water partition coefficient (Wildman–Crippen LogP) is 5.00. The predicted molar refractivity (Wildman–Crippen MR) is 123 cm³/mol. The summed E-state index contributed by atoms with van der Waals surface area (Å²) in [4.78, 5) is 22.8. The molecule has 1 atom stereocenters. The molecule has 0 unspecified atom stereocenters. The van der Waals surface area contributed by atoms with E-state index in [2.05, 4.69) is 50.1 Å². The number of nitrogens with one attached hydrogen (secondary N) is 1. The molecule has 166 valence electrons. The summed E-state index contributed by atoms with van der Waals surface area (Å²) in [6, 6.07) is 3.03. The van der Waals surface area contributed by atoms with E-state index < -0.39 is 13.7 Å². The highest BCUT2D eigenvalue weighted by molar-refractivity contribution is 9.10. The topological polar surface area (TPSA) is 71.3 Å². The molecule has 1 fully saturated rings. The monoisotopic (exact) mass is 497 g/mol. The number of likely N-dealkylation sites (tertiary alicyclic amines) is 1. The summed E-state index contributed by atoms with van der Waals surface area (Å²) < 4.78 is 14.7. The lowest BCUT2D eigenvalue weighted by atomic mass is 10.2. The minimum absolute atomic E-state index is 0.0894. The van der Waals surface area contributed by atoms with Crippen LogP contribution in [0.4, 0.5) is 4.79 Å². The fourth-order valence-electron chi connectivity index (χ4n) is 3.58. The van der Waals surface area contributed by atoms with Gasteiger partial charge in [-0.3, -0.25) is 9.88 Å². The van der Waals surface area contributed by atoms with E-state index in [1.807, 2.05) is 31.7 Å². The molecule has 1 saturated heterocycles. The van der Waals surface area contributed by atoms with Crippen molar-refractivity contribution >= 4 is 41.3 Å². The second-order valence-electron chi connectivity index (χ2n) is 10.1. The minimum Gasteiger partial charge on any atom is -0.444 e. The van der Waals surface area contributed by atoms with Gasteiger partial charge < -0.3 is 9.47 Å². The van der Waals surface area contributed by atoms with Crippen LogP contribution in [0.2, 0.25) is 25.7 Å². The van der Waals surface area contributed by atoms with Gasteiger partial charge in [0.15, 0.2) is 12.2 Å². The van der Waals surface area contributed by atoms with Gasteiger partial charge in [-0.15, -0.1) is 4.98 Å². The number of rotatable bonds is 6. The van der Waals surface area contributed by atoms with Crippen LogP contribution in [-0.4, -0.2) is 47.8 Å². The lowest BCUT2D eigenvalue weighted by Crippen LogP contribution is -2.45. The van der Waals surface area contributed by atoms with Crippen LogP contribution in [0.25, 0.3) is 11.2 Å². The second kappa shape index (κ2) is 8.96. The summed E-state index contributed by atoms with van der Waals surface area (Å²) in [5.74, 6) is 0.937. The summed E-state index contributed by atoms with van der Waals surface area (Å²) in [5, 5.41) is 0. The van der Waals surface area contributed by atoms with E-state index in [4.69, 9.17) is 9.47 Å². The number of aromatic amines is 1. The molecule has 2 aromatic rings. The SMILES string of the molecule is CC(C)(C)OC(=O)N1CCC[C@H]1c1[nH]c2cc(Br)cnc2[n+]1COCC[Si](C)(C)C. The Kier molecular flexibility index (Phi) is 6.93. The van der Waals surface area contributed by atoms with Gasteiger partial charge in [0, 0.05) is 27.3 Å². The molecule has 3 rings (SSSR count). The average Bonchev–Trinajstić information content (AvgIpc) is 3.20. The van der Waals surface area contributed by atoms with Crippen molar-refractivity contribution in [1.29, 1.82) is 0 Å². The largest absolute Gasteiger partial charge is 0.444 e. The van der Waals surface area contributed by atoms with Crippen molar-refractivity contribution in [2.24, 2.45) is 0 Å². The molecule has 0 aromatic carbocycles. The Morgan fingerprint density at radius 1 is 1.40 bits per heavy atom. The number of halogens is 1. The third-order valence-corrected chi connectivity index (χ3v) is 7.19. The maximum Gasteiger partial charge on any atom is 0.411 e. The zero-order chi connectivity index (χ0) is 22.1. The summed E-state index contributed by atoms with van der Waals surface area (Å²) in [5.41, 5.74) is 1.23. The highest BCUT2D eigenvalue weighted by atomic mass is 79.9. The van der Waals surface area contributed by atoms with Crippen molar-refractivity contribution < 1.29 is 18.8 Å². The van der Waals surface area contributed by atoms with E-state index in [-0.39, 0.29) is 12.1 Å². The van der Waals surface area contributed by atoms with Gasteiger partial charge in [-0.25, -0.2) is 9.36 Å². The van der Waals surface area contributed by atoms with Crippen LogP contribution in [0, 0.1) is 0 Å². The summed E-state index contributed by atoms with van der Waals surface area (Å²) in [6.07, 6.45) is 3.33. The van der Waals surface area contributed by atoms with Crippen molar-refractivity contribution in [1.82, 2.24) is 14.9 Å². The van der Waals surface area contributed by atoms with Crippen molar-refractivity contribution in [2.45, 2.75) is 77.7 Å². The van der Waals surface area contributed by atoms with E-state index in [0.29, 0.717) is 13.3 Å². The van der Waals surface area contributed by atoms with Gasteiger partial charge in [-0.05, 0) is 55.6 Å². The Morgan fingerprint density at radius 3 is 2.80 bits per heavy atom. The van der Waals surface area contributed by atoms with E-state index >= 15 is 0 Å². The number of hydrogen-bond donors (Lipinski definition) is 1. The van der Waals surface area contributed by atoms with Crippen molar-refractivity contribution in [3.63, 3.8) is 0 Å². The van der Waals surface area contributed by atoms with Gasteiger partial charge in [0.05, 0.1) is 4.47 Å². The standard InChI is InChI=1S/C21H33BrN4O3Si/c1-21(2,3)29-20(27)25-9-7-8-17(25)19-24-16-12-15(22)13-23-18(16)26(19)14-28-10-11-30(4,5)6/h12-13,17H,7-11,14H2,1-6H3/p+1/t17-/m0/s1. The highest BCUT2D eigenvalue weighted by Gasteiger charge is 2.39. The summed E-state index contributed by atoms with van der Waals surface area (Å²) in [7, 11) is -1.16. The molecule has 2 aromatic heterocycles. The fourth-order valence-corrected chi connectivity index (χ4v) is 4.66. The second-order valence-corrected chi connectivity index (χ2v) is 16.7. The molecule has 1 aliphatic rings. The molecule has 0 spiro atoms. The molecular formula is C21H34BrN4O3Si+. The lowest BCUT2D eigenvalue weighted by Gasteiger charge is -2.27. The molecule has 1 N–H and O–H groups in total. The molecule has 3 heterocycles. The molecule has 1 aliphatic heterocycles. The number of nitrogens with zero attached hydrogens (tertiary/aromatic N) is 3. The maximum absolute atomic E-state index is 12.8. The summed E-state index contributed by atoms with van der Waals surface area (Å²) >= 11 is 3.50. The zero-order valence-electron chi connectivity index (χ0n) is 18.9. The van der Waals surface area contributed by atoms with Crippen LogP contribution in [-0.2, 0) is 16.2 Å². The first-order valence-electron chi connectivity index (χ1n) is 10.6. The fraction of sp³-hybridized carbons (Fsp3) is 0.667. The van der Waals surface area contributed by atoms with Crippen LogP contribution in [0.5, 0.6) is 0 Å². The minimum atomic E-state index is -1.16. The van der Waals surface area contributed by atoms with Gasteiger partial charge in [-0.2, -0.15) is 0 Å². The Hall–Kier alpha value is -1.45. The lowest BCUT2D eigenvalue weighted by molar-refractivity contribution is -0.719. The van der Waals surface area contributed by atoms with Crippen LogP contribution in [0.1, 0.15) is 45.5 Å². The number of carbonyl (C=O) groups excluding carboxylic acids is 1. The average molecular weight is 499 g/mol. The third kappa shape index (κ3) is 5.82. The number of pyridine rings is 1. The maximum atomic E-state index is 12.8. The molecule has 9 heteroatoms. The van der Waals surface area contributed by atoms with Gasteiger partial charge in [-0.1, -0.05) is 19.6 Å². The quantitative estimate of drug-likeness (QED) is 0.346. The van der Waals surface area contributed by atoms with Crippen LogP contribution in [0.15, 0.2) is 16.7 Å². The number of ether oxygens (including phenoxy) is 2. The zero-order valence-corrected chi connectivity index (χ0v) is 21.5.